The van der Waals surface area contributed by atoms with Crippen LogP contribution in [0.25, 0.3) is 0 Å². The zero-order valence-electron chi connectivity index (χ0n) is 22.0. The number of alkyl carbamates (subject to hydrolysis) is 1. The fourth-order valence-corrected chi connectivity index (χ4v) is 4.81. The van der Waals surface area contributed by atoms with Crippen LogP contribution in [0.15, 0.2) is 48.5 Å². The number of ether oxygens (including phenoxy) is 2. The Balaban J connectivity index is 1.56. The van der Waals surface area contributed by atoms with Gasteiger partial charge in [-0.25, -0.2) is 9.59 Å². The van der Waals surface area contributed by atoms with Crippen LogP contribution in [0.3, 0.4) is 0 Å². The molecule has 9 nitrogen and oxygen atoms in total. The van der Waals surface area contributed by atoms with Crippen LogP contribution in [0.2, 0.25) is 0 Å². The van der Waals surface area contributed by atoms with Crippen LogP contribution in [-0.4, -0.2) is 46.3 Å². The predicted molar refractivity (Wildman–Crippen MR) is 138 cm³/mol. The summed E-state index contributed by atoms with van der Waals surface area (Å²) < 4.78 is 11.3. The van der Waals surface area contributed by atoms with Gasteiger partial charge in [0.05, 0.1) is 23.0 Å². The van der Waals surface area contributed by atoms with E-state index in [1.165, 1.54) is 17.7 Å². The first kappa shape index (κ1) is 26.4. The van der Waals surface area contributed by atoms with Gasteiger partial charge in [-0.15, -0.1) is 0 Å². The summed E-state index contributed by atoms with van der Waals surface area (Å²) in [5.41, 5.74) is 1.98. The number of carbonyl (C=O) groups is 2. The molecule has 1 saturated carbocycles. The summed E-state index contributed by atoms with van der Waals surface area (Å²) in [6, 6.07) is 13.9. The molecule has 1 aliphatic carbocycles. The summed E-state index contributed by atoms with van der Waals surface area (Å²) in [5.74, 6) is 0.373. The summed E-state index contributed by atoms with van der Waals surface area (Å²) in [6.45, 7) is 9.93. The Bertz CT molecular complexity index is 1170. The van der Waals surface area contributed by atoms with E-state index in [-0.39, 0.29) is 5.69 Å². The van der Waals surface area contributed by atoms with Gasteiger partial charge >= 0.3 is 12.2 Å². The molecular formula is C28H35N3O6. The Kier molecular flexibility index (Phi) is 7.17. The van der Waals surface area contributed by atoms with E-state index in [4.69, 9.17) is 9.47 Å². The normalized spacial score (nSPS) is 19.4. The lowest BCUT2D eigenvalue weighted by Crippen LogP contribution is -2.48. The van der Waals surface area contributed by atoms with Crippen LogP contribution in [0, 0.1) is 10.1 Å². The molecule has 1 N–H and O–H groups in total. The van der Waals surface area contributed by atoms with Gasteiger partial charge in [-0.3, -0.25) is 15.0 Å². The van der Waals surface area contributed by atoms with Crippen LogP contribution in [0.4, 0.5) is 15.3 Å². The van der Waals surface area contributed by atoms with Crippen molar-refractivity contribution < 1.29 is 24.0 Å². The molecule has 0 spiro atoms. The van der Waals surface area contributed by atoms with Gasteiger partial charge in [0, 0.05) is 12.1 Å². The van der Waals surface area contributed by atoms with Crippen LogP contribution >= 0.6 is 0 Å². The molecule has 2 fully saturated rings. The second-order valence-corrected chi connectivity index (χ2v) is 11.2. The third kappa shape index (κ3) is 6.03. The zero-order chi connectivity index (χ0) is 27.0. The largest absolute Gasteiger partial charge is 0.444 e. The number of hydrogen-bond acceptors (Lipinski definition) is 6. The van der Waals surface area contributed by atoms with Crippen molar-refractivity contribution in [2.24, 2.45) is 0 Å². The third-order valence-electron chi connectivity index (χ3n) is 6.92. The number of nitrogens with one attached hydrogen (secondary N) is 1. The maximum Gasteiger partial charge on any atom is 0.411 e. The number of nitro groups is 1. The van der Waals surface area contributed by atoms with Crippen LogP contribution in [-0.2, 0) is 21.4 Å². The lowest BCUT2D eigenvalue weighted by molar-refractivity contribution is -0.384. The van der Waals surface area contributed by atoms with Crippen LogP contribution < -0.4 is 5.32 Å². The molecule has 9 heteroatoms. The number of rotatable bonds is 8. The SMILES string of the molecule is CC(C)c1cccc(C2(N3C[C@H]([C@H](Cc4ccc([N+](=O)[O-])cc4)NC(=O)OC(C)(C)C)OC3=O)CC2)c1. The van der Waals surface area contributed by atoms with E-state index < -0.39 is 40.4 Å². The molecule has 2 atom stereocenters. The maximum atomic E-state index is 13.1. The Labute approximate surface area is 217 Å². The highest BCUT2D eigenvalue weighted by molar-refractivity contribution is 5.73. The summed E-state index contributed by atoms with van der Waals surface area (Å²) in [6.07, 6.45) is 0.391. The molecule has 198 valence electrons. The molecule has 1 saturated heterocycles. The number of amides is 2. The summed E-state index contributed by atoms with van der Waals surface area (Å²) in [5, 5.41) is 13.9. The van der Waals surface area contributed by atoms with E-state index in [1.54, 1.807) is 37.8 Å². The van der Waals surface area contributed by atoms with Crippen molar-refractivity contribution in [2.45, 2.75) is 83.1 Å². The first-order chi connectivity index (χ1) is 17.4. The molecule has 0 aromatic heterocycles. The summed E-state index contributed by atoms with van der Waals surface area (Å²) in [4.78, 5) is 38.2. The molecule has 0 bridgehead atoms. The van der Waals surface area contributed by atoms with Crippen molar-refractivity contribution >= 4 is 17.9 Å². The quantitative estimate of drug-likeness (QED) is 0.363. The van der Waals surface area contributed by atoms with Gasteiger partial charge in [-0.05, 0) is 62.6 Å². The lowest BCUT2D eigenvalue weighted by atomic mass is 9.95. The average molecular weight is 510 g/mol. The van der Waals surface area contributed by atoms with Crippen LogP contribution in [0.1, 0.15) is 70.1 Å². The maximum absolute atomic E-state index is 13.1. The Morgan fingerprint density at radius 1 is 1.22 bits per heavy atom. The Morgan fingerprint density at radius 3 is 2.46 bits per heavy atom. The average Bonchev–Trinajstić information content (AvgIpc) is 3.53. The van der Waals surface area contributed by atoms with Crippen molar-refractivity contribution in [3.8, 4) is 0 Å². The van der Waals surface area contributed by atoms with E-state index in [2.05, 4.69) is 37.4 Å². The number of nitrogens with zero attached hydrogens (tertiary/aromatic N) is 2. The van der Waals surface area contributed by atoms with Gasteiger partial charge in [-0.1, -0.05) is 50.2 Å². The van der Waals surface area contributed by atoms with Gasteiger partial charge in [0.15, 0.2) is 0 Å². The first-order valence-corrected chi connectivity index (χ1v) is 12.7. The standard InChI is InChI=1S/C28H35N3O6/c1-18(2)20-7-6-8-21(16-20)28(13-14-28)30-17-24(36-26(30)33)23(29-25(32)37-27(3,4)5)15-19-9-11-22(12-10-19)31(34)35/h6-12,16,18,23-24H,13-15,17H2,1-5H3,(H,29,32)/t23-,24+/m0/s1. The summed E-state index contributed by atoms with van der Waals surface area (Å²) >= 11 is 0. The van der Waals surface area contributed by atoms with Gasteiger partial charge in [0.25, 0.3) is 5.69 Å². The van der Waals surface area contributed by atoms with Gasteiger partial charge < -0.3 is 14.8 Å². The van der Waals surface area contributed by atoms with E-state index >= 15 is 0 Å². The molecule has 2 aliphatic rings. The predicted octanol–water partition coefficient (Wildman–Crippen LogP) is 5.66. The minimum absolute atomic E-state index is 0.0156. The summed E-state index contributed by atoms with van der Waals surface area (Å²) in [7, 11) is 0. The lowest BCUT2D eigenvalue weighted by Gasteiger charge is -2.28. The smallest absolute Gasteiger partial charge is 0.411 e. The molecule has 0 radical (unpaired) electrons. The van der Waals surface area contributed by atoms with Crippen molar-refractivity contribution in [3.05, 3.63) is 75.3 Å². The number of hydrogen-bond donors (Lipinski definition) is 1. The highest BCUT2D eigenvalue weighted by Gasteiger charge is 2.56. The van der Waals surface area contributed by atoms with Gasteiger partial charge in [0.2, 0.25) is 0 Å². The van der Waals surface area contributed by atoms with Crippen LogP contribution in [0.5, 0.6) is 0 Å². The number of carbonyl (C=O) groups excluding carboxylic acids is 2. The molecule has 1 aliphatic heterocycles. The number of non-ortho nitro benzene ring substituents is 1. The molecule has 37 heavy (non-hydrogen) atoms. The second kappa shape index (κ2) is 10.0. The van der Waals surface area contributed by atoms with E-state index in [9.17, 15) is 19.7 Å². The van der Waals surface area contributed by atoms with E-state index in [1.807, 2.05) is 6.07 Å². The molecule has 1 heterocycles. The molecule has 2 amide bonds. The number of benzene rings is 2. The first-order valence-electron chi connectivity index (χ1n) is 12.7. The number of cyclic esters (lactones) is 1. The zero-order valence-corrected chi connectivity index (χ0v) is 22.0. The highest BCUT2D eigenvalue weighted by atomic mass is 16.6. The molecule has 0 unspecified atom stereocenters. The Hall–Kier alpha value is -3.62. The minimum Gasteiger partial charge on any atom is -0.444 e. The molecular weight excluding hydrogens is 474 g/mol. The van der Waals surface area contributed by atoms with Crippen molar-refractivity contribution in [3.63, 3.8) is 0 Å². The van der Waals surface area contributed by atoms with Crippen molar-refractivity contribution in [2.75, 3.05) is 6.54 Å². The highest BCUT2D eigenvalue weighted by Crippen LogP contribution is 2.53. The minimum atomic E-state index is -0.695. The third-order valence-corrected chi connectivity index (χ3v) is 6.92. The van der Waals surface area contributed by atoms with E-state index in [0.29, 0.717) is 18.9 Å². The van der Waals surface area contributed by atoms with Crippen molar-refractivity contribution in [1.82, 2.24) is 10.2 Å². The fraction of sp³-hybridized carbons (Fsp3) is 0.500. The second-order valence-electron chi connectivity index (χ2n) is 11.2. The topological polar surface area (TPSA) is 111 Å². The van der Waals surface area contributed by atoms with E-state index in [0.717, 1.165) is 24.0 Å². The molecule has 2 aromatic rings. The number of nitro benzene ring substituents is 1. The molecule has 4 rings (SSSR count). The monoisotopic (exact) mass is 509 g/mol. The van der Waals surface area contributed by atoms with Gasteiger partial charge in [-0.2, -0.15) is 0 Å². The van der Waals surface area contributed by atoms with Crippen molar-refractivity contribution in [1.29, 1.82) is 0 Å². The van der Waals surface area contributed by atoms with Gasteiger partial charge in [0.1, 0.15) is 11.7 Å². The fourth-order valence-electron chi connectivity index (χ4n) is 4.81. The Morgan fingerprint density at radius 2 is 1.89 bits per heavy atom. The molecule has 2 aromatic carbocycles.